The number of para-hydroxylation sites is 1. The van der Waals surface area contributed by atoms with Crippen molar-refractivity contribution in [1.82, 2.24) is 5.32 Å². The Morgan fingerprint density at radius 2 is 2.07 bits per heavy atom. The Morgan fingerprint density at radius 3 is 2.80 bits per heavy atom. The minimum Gasteiger partial charge on any atom is -0.398 e. The summed E-state index contributed by atoms with van der Waals surface area (Å²) in [5, 5.41) is 3.40. The molecular formula is C13H20N2. The Kier molecular flexibility index (Phi) is 3.27. The van der Waals surface area contributed by atoms with E-state index in [1.54, 1.807) is 0 Å². The lowest BCUT2D eigenvalue weighted by Crippen LogP contribution is -2.28. The first-order chi connectivity index (χ1) is 7.27. The van der Waals surface area contributed by atoms with Crippen LogP contribution in [0.3, 0.4) is 0 Å². The van der Waals surface area contributed by atoms with Crippen molar-refractivity contribution in [1.29, 1.82) is 0 Å². The number of nitrogens with two attached hydrogens (primary N) is 1. The third-order valence-electron chi connectivity index (χ3n) is 3.38. The summed E-state index contributed by atoms with van der Waals surface area (Å²) in [4.78, 5) is 0. The van der Waals surface area contributed by atoms with Crippen molar-refractivity contribution in [2.24, 2.45) is 5.92 Å². The molecule has 1 aromatic carbocycles. The summed E-state index contributed by atoms with van der Waals surface area (Å²) in [5.41, 5.74) is 9.63. The van der Waals surface area contributed by atoms with Crippen LogP contribution in [-0.2, 0) is 6.42 Å². The highest BCUT2D eigenvalue weighted by molar-refractivity contribution is 5.53. The second-order valence-corrected chi connectivity index (χ2v) is 4.55. The summed E-state index contributed by atoms with van der Waals surface area (Å²) in [6, 6.07) is 6.37. The van der Waals surface area contributed by atoms with E-state index in [4.69, 9.17) is 5.73 Å². The van der Waals surface area contributed by atoms with Crippen molar-refractivity contribution < 1.29 is 0 Å². The number of hydrogen-bond acceptors (Lipinski definition) is 2. The van der Waals surface area contributed by atoms with Gasteiger partial charge in [0.25, 0.3) is 0 Å². The monoisotopic (exact) mass is 204 g/mol. The topological polar surface area (TPSA) is 38.0 Å². The fourth-order valence-corrected chi connectivity index (χ4v) is 2.32. The number of anilines is 1. The SMILES string of the molecule is Cc1cccc(CC2CCNCC2)c1N. The molecule has 0 spiro atoms. The van der Waals surface area contributed by atoms with Gasteiger partial charge in [-0.2, -0.15) is 0 Å². The molecule has 0 bridgehead atoms. The van der Waals surface area contributed by atoms with Crippen molar-refractivity contribution in [3.63, 3.8) is 0 Å². The Balaban J connectivity index is 2.06. The van der Waals surface area contributed by atoms with Gasteiger partial charge in [-0.3, -0.25) is 0 Å². The molecule has 3 N–H and O–H groups in total. The largest absolute Gasteiger partial charge is 0.398 e. The van der Waals surface area contributed by atoms with Gasteiger partial charge in [-0.05, 0) is 56.3 Å². The maximum absolute atomic E-state index is 6.08. The molecule has 1 aliphatic heterocycles. The number of nitrogen functional groups attached to an aromatic ring is 1. The number of rotatable bonds is 2. The number of piperidine rings is 1. The molecule has 0 radical (unpaired) electrons. The van der Waals surface area contributed by atoms with Gasteiger partial charge in [-0.1, -0.05) is 18.2 Å². The zero-order valence-electron chi connectivity index (χ0n) is 9.42. The van der Waals surface area contributed by atoms with Crippen LogP contribution in [0.25, 0.3) is 0 Å². The second kappa shape index (κ2) is 4.67. The molecule has 2 rings (SSSR count). The first kappa shape index (κ1) is 10.5. The third-order valence-corrected chi connectivity index (χ3v) is 3.38. The first-order valence-electron chi connectivity index (χ1n) is 5.82. The fraction of sp³-hybridized carbons (Fsp3) is 0.538. The molecule has 0 aliphatic carbocycles. The van der Waals surface area contributed by atoms with Crippen molar-refractivity contribution in [2.45, 2.75) is 26.2 Å². The zero-order chi connectivity index (χ0) is 10.7. The summed E-state index contributed by atoms with van der Waals surface area (Å²) in [7, 11) is 0. The van der Waals surface area contributed by atoms with Crippen LogP contribution in [0, 0.1) is 12.8 Å². The van der Waals surface area contributed by atoms with E-state index in [1.165, 1.54) is 24.0 Å². The lowest BCUT2D eigenvalue weighted by Gasteiger charge is -2.23. The number of benzene rings is 1. The van der Waals surface area contributed by atoms with Gasteiger partial charge in [0.2, 0.25) is 0 Å². The van der Waals surface area contributed by atoms with Crippen LogP contribution in [0.5, 0.6) is 0 Å². The molecule has 2 nitrogen and oxygen atoms in total. The standard InChI is InChI=1S/C13H20N2/c1-10-3-2-4-12(13(10)14)9-11-5-7-15-8-6-11/h2-4,11,15H,5-9,14H2,1H3. The van der Waals surface area contributed by atoms with Gasteiger partial charge in [0.15, 0.2) is 0 Å². The lowest BCUT2D eigenvalue weighted by atomic mass is 9.90. The van der Waals surface area contributed by atoms with Crippen molar-refractivity contribution in [3.05, 3.63) is 29.3 Å². The van der Waals surface area contributed by atoms with Crippen LogP contribution in [-0.4, -0.2) is 13.1 Å². The minimum atomic E-state index is 0.815. The molecule has 0 saturated carbocycles. The molecule has 0 amide bonds. The maximum Gasteiger partial charge on any atom is 0.0376 e. The maximum atomic E-state index is 6.08. The summed E-state index contributed by atoms with van der Waals surface area (Å²) in [6.45, 7) is 4.41. The molecule has 0 aromatic heterocycles. The van der Waals surface area contributed by atoms with E-state index in [0.717, 1.165) is 31.1 Å². The third kappa shape index (κ3) is 2.51. The van der Waals surface area contributed by atoms with Gasteiger partial charge in [-0.25, -0.2) is 0 Å². The van der Waals surface area contributed by atoms with Crippen LogP contribution in [0.2, 0.25) is 0 Å². The Hall–Kier alpha value is -1.02. The van der Waals surface area contributed by atoms with E-state index in [2.05, 4.69) is 30.4 Å². The summed E-state index contributed by atoms with van der Waals surface area (Å²) in [6.07, 6.45) is 3.72. The first-order valence-corrected chi connectivity index (χ1v) is 5.82. The highest BCUT2D eigenvalue weighted by Crippen LogP contribution is 2.23. The highest BCUT2D eigenvalue weighted by Gasteiger charge is 2.14. The Labute approximate surface area is 91.9 Å². The molecule has 1 aliphatic rings. The average molecular weight is 204 g/mol. The molecule has 1 saturated heterocycles. The summed E-state index contributed by atoms with van der Waals surface area (Å²) >= 11 is 0. The molecule has 0 unspecified atom stereocenters. The second-order valence-electron chi connectivity index (χ2n) is 4.55. The minimum absolute atomic E-state index is 0.815. The van der Waals surface area contributed by atoms with E-state index in [1.807, 2.05) is 0 Å². The molecular weight excluding hydrogens is 184 g/mol. The van der Waals surface area contributed by atoms with Crippen molar-refractivity contribution >= 4 is 5.69 Å². The Bertz CT molecular complexity index is 327. The zero-order valence-corrected chi connectivity index (χ0v) is 9.42. The molecule has 82 valence electrons. The molecule has 0 atom stereocenters. The summed E-state index contributed by atoms with van der Waals surface area (Å²) in [5.74, 6) is 0.815. The summed E-state index contributed by atoms with van der Waals surface area (Å²) < 4.78 is 0. The van der Waals surface area contributed by atoms with Crippen LogP contribution in [0.4, 0.5) is 5.69 Å². The van der Waals surface area contributed by atoms with E-state index in [-0.39, 0.29) is 0 Å². The van der Waals surface area contributed by atoms with Crippen LogP contribution < -0.4 is 11.1 Å². The predicted octanol–water partition coefficient (Wildman–Crippen LogP) is 2.12. The Morgan fingerprint density at radius 1 is 1.33 bits per heavy atom. The lowest BCUT2D eigenvalue weighted by molar-refractivity contribution is 0.373. The predicted molar refractivity (Wildman–Crippen MR) is 64.9 cm³/mol. The van der Waals surface area contributed by atoms with E-state index < -0.39 is 0 Å². The van der Waals surface area contributed by atoms with E-state index in [9.17, 15) is 0 Å². The molecule has 1 aromatic rings. The van der Waals surface area contributed by atoms with Gasteiger partial charge in [0, 0.05) is 5.69 Å². The van der Waals surface area contributed by atoms with Crippen LogP contribution in [0.15, 0.2) is 18.2 Å². The van der Waals surface area contributed by atoms with Gasteiger partial charge in [0.05, 0.1) is 0 Å². The molecule has 1 fully saturated rings. The molecule has 2 heteroatoms. The van der Waals surface area contributed by atoms with Gasteiger partial charge in [0.1, 0.15) is 0 Å². The number of aryl methyl sites for hydroxylation is 1. The van der Waals surface area contributed by atoms with Gasteiger partial charge in [-0.15, -0.1) is 0 Å². The van der Waals surface area contributed by atoms with Crippen LogP contribution >= 0.6 is 0 Å². The van der Waals surface area contributed by atoms with Gasteiger partial charge < -0.3 is 11.1 Å². The number of nitrogens with one attached hydrogen (secondary N) is 1. The smallest absolute Gasteiger partial charge is 0.0376 e. The van der Waals surface area contributed by atoms with E-state index >= 15 is 0 Å². The number of hydrogen-bond donors (Lipinski definition) is 2. The normalized spacial score (nSPS) is 17.9. The highest BCUT2D eigenvalue weighted by atomic mass is 14.9. The fourth-order valence-electron chi connectivity index (χ4n) is 2.32. The molecule has 15 heavy (non-hydrogen) atoms. The van der Waals surface area contributed by atoms with Crippen molar-refractivity contribution in [3.8, 4) is 0 Å². The van der Waals surface area contributed by atoms with Crippen LogP contribution in [0.1, 0.15) is 24.0 Å². The average Bonchev–Trinajstić information content (AvgIpc) is 2.26. The van der Waals surface area contributed by atoms with E-state index in [0.29, 0.717) is 0 Å². The van der Waals surface area contributed by atoms with Crippen molar-refractivity contribution in [2.75, 3.05) is 18.8 Å². The quantitative estimate of drug-likeness (QED) is 0.724. The van der Waals surface area contributed by atoms with Gasteiger partial charge >= 0.3 is 0 Å². The molecule has 1 heterocycles.